The molecule has 0 spiro atoms. The number of benzene rings is 1. The second-order valence-electron chi connectivity index (χ2n) is 9.44. The van der Waals surface area contributed by atoms with Gasteiger partial charge < -0.3 is 15.0 Å². The van der Waals surface area contributed by atoms with Crippen LogP contribution in [0.4, 0.5) is 5.69 Å². The molecule has 0 radical (unpaired) electrons. The van der Waals surface area contributed by atoms with Gasteiger partial charge >= 0.3 is 5.97 Å². The summed E-state index contributed by atoms with van der Waals surface area (Å²) >= 11 is 0. The minimum atomic E-state index is -0.556. The Morgan fingerprint density at radius 3 is 2.29 bits per heavy atom. The zero-order valence-electron chi connectivity index (χ0n) is 22.8. The molecule has 1 amide bonds. The number of amides is 1. The summed E-state index contributed by atoms with van der Waals surface area (Å²) in [6.07, 6.45) is 7.06. The van der Waals surface area contributed by atoms with Gasteiger partial charge in [0.1, 0.15) is 18.2 Å². The molecule has 8 nitrogen and oxygen atoms in total. The molecular formula is C30H37N5O3. The highest BCUT2D eigenvalue weighted by molar-refractivity contribution is 6.27. The van der Waals surface area contributed by atoms with Gasteiger partial charge in [0.25, 0.3) is 5.91 Å². The highest BCUT2D eigenvalue weighted by atomic mass is 16.6. The van der Waals surface area contributed by atoms with E-state index in [4.69, 9.17) is 4.74 Å². The quantitative estimate of drug-likeness (QED) is 0.141. The molecule has 1 heterocycles. The van der Waals surface area contributed by atoms with Gasteiger partial charge in [0, 0.05) is 31.1 Å². The maximum Gasteiger partial charge on any atom is 0.304 e. The van der Waals surface area contributed by atoms with Crippen LogP contribution >= 0.6 is 0 Å². The van der Waals surface area contributed by atoms with Crippen molar-refractivity contribution in [3.05, 3.63) is 46.7 Å². The highest BCUT2D eigenvalue weighted by Gasteiger charge is 2.34. The number of anilines is 1. The largest absolute Gasteiger partial charge is 0.442 e. The molecule has 0 aromatic heterocycles. The molecule has 8 heteroatoms. The Kier molecular flexibility index (Phi) is 12.1. The molecule has 0 saturated heterocycles. The smallest absolute Gasteiger partial charge is 0.304 e. The van der Waals surface area contributed by atoms with Crippen molar-refractivity contribution < 1.29 is 14.3 Å². The van der Waals surface area contributed by atoms with E-state index in [0.717, 1.165) is 44.9 Å². The fourth-order valence-electron chi connectivity index (χ4n) is 4.71. The van der Waals surface area contributed by atoms with Crippen molar-refractivity contribution in [1.29, 1.82) is 15.8 Å². The summed E-state index contributed by atoms with van der Waals surface area (Å²) in [6, 6.07) is 12.8. The van der Waals surface area contributed by atoms with E-state index in [1.807, 2.05) is 18.2 Å². The molecule has 0 bridgehead atoms. The summed E-state index contributed by atoms with van der Waals surface area (Å²) in [5, 5.41) is 31.3. The Balaban J connectivity index is 2.75. The topological polar surface area (TPSA) is 130 Å². The number of nitriles is 3. The van der Waals surface area contributed by atoms with Crippen molar-refractivity contribution in [3.63, 3.8) is 0 Å². The van der Waals surface area contributed by atoms with E-state index in [1.165, 1.54) is 6.92 Å². The van der Waals surface area contributed by atoms with Gasteiger partial charge in [0.2, 0.25) is 0 Å². The number of allylic oxidation sites excluding steroid dienone is 2. The number of para-hydroxylation sites is 1. The van der Waals surface area contributed by atoms with E-state index in [9.17, 15) is 25.4 Å². The van der Waals surface area contributed by atoms with Crippen molar-refractivity contribution in [2.75, 3.05) is 11.4 Å². The predicted molar refractivity (Wildman–Crippen MR) is 146 cm³/mol. The average Bonchev–Trinajstić information content (AvgIpc) is 3.24. The van der Waals surface area contributed by atoms with Crippen LogP contribution in [0, 0.1) is 39.9 Å². The van der Waals surface area contributed by atoms with Gasteiger partial charge in [-0.05, 0) is 24.8 Å². The Morgan fingerprint density at radius 1 is 1.03 bits per heavy atom. The van der Waals surface area contributed by atoms with Gasteiger partial charge in [-0.25, -0.2) is 0 Å². The van der Waals surface area contributed by atoms with E-state index >= 15 is 0 Å². The number of carbonyl (C=O) groups is 2. The summed E-state index contributed by atoms with van der Waals surface area (Å²) < 4.78 is 5.87. The first-order chi connectivity index (χ1) is 18.4. The molecule has 0 saturated carbocycles. The van der Waals surface area contributed by atoms with E-state index < -0.39 is 12.1 Å². The molecule has 200 valence electrons. The second-order valence-corrected chi connectivity index (χ2v) is 9.44. The number of carbonyl (C=O) groups excluding carboxylic acids is 2. The maximum atomic E-state index is 13.2. The van der Waals surface area contributed by atoms with Crippen LogP contribution in [-0.2, 0) is 14.3 Å². The lowest BCUT2D eigenvalue weighted by molar-refractivity contribution is -0.146. The standard InChI is InChI=1S/C30H37N5O3/c1-5-8-10-16-27(38-21(4)36)35(20-22(7-3)13-9-6-2)26-15-12-11-14-24(26)28-25(19-33)29(34-30(28)37)23(17-31)18-32/h11-12,14-15,22,27H,5-10,13,16,20H2,1-4H3,(H,34,37). The lowest BCUT2D eigenvalue weighted by atomic mass is 9.95. The predicted octanol–water partition coefficient (Wildman–Crippen LogP) is 5.89. The molecular weight excluding hydrogens is 478 g/mol. The van der Waals surface area contributed by atoms with Crippen LogP contribution in [0.3, 0.4) is 0 Å². The van der Waals surface area contributed by atoms with Gasteiger partial charge in [0.15, 0.2) is 11.8 Å². The SMILES string of the molecule is CCCCCC(OC(C)=O)N(CC(CC)CCCC)c1ccccc1C1=C(C#N)C(=C(C#N)C#N)NC1=O. The molecule has 1 aliphatic rings. The van der Waals surface area contributed by atoms with Crippen LogP contribution < -0.4 is 10.2 Å². The molecule has 38 heavy (non-hydrogen) atoms. The lowest BCUT2D eigenvalue weighted by Gasteiger charge is -2.37. The number of unbranched alkanes of at least 4 members (excludes halogenated alkanes) is 3. The Labute approximate surface area is 226 Å². The first-order valence-electron chi connectivity index (χ1n) is 13.4. The van der Waals surface area contributed by atoms with Crippen molar-refractivity contribution in [3.8, 4) is 18.2 Å². The molecule has 2 atom stereocenters. The fourth-order valence-corrected chi connectivity index (χ4v) is 4.71. The van der Waals surface area contributed by atoms with E-state index in [2.05, 4.69) is 31.0 Å². The molecule has 1 aromatic carbocycles. The van der Waals surface area contributed by atoms with Crippen LogP contribution in [0.2, 0.25) is 0 Å². The Hall–Kier alpha value is -4.09. The molecule has 1 aliphatic heterocycles. The van der Waals surface area contributed by atoms with Crippen molar-refractivity contribution in [1.82, 2.24) is 5.32 Å². The maximum absolute atomic E-state index is 13.2. The zero-order chi connectivity index (χ0) is 28.1. The van der Waals surface area contributed by atoms with Crippen LogP contribution in [0.5, 0.6) is 0 Å². The number of hydrogen-bond donors (Lipinski definition) is 1. The number of hydrogen-bond acceptors (Lipinski definition) is 7. The lowest BCUT2D eigenvalue weighted by Crippen LogP contribution is -2.42. The van der Waals surface area contributed by atoms with E-state index in [1.54, 1.807) is 24.3 Å². The van der Waals surface area contributed by atoms with Crippen LogP contribution in [0.1, 0.15) is 84.6 Å². The summed E-state index contributed by atoms with van der Waals surface area (Å²) in [5.74, 6) is -0.614. The molecule has 1 aromatic rings. The van der Waals surface area contributed by atoms with Crippen LogP contribution in [0.15, 0.2) is 41.1 Å². The molecule has 0 fully saturated rings. The van der Waals surface area contributed by atoms with Gasteiger partial charge in [-0.15, -0.1) is 0 Å². The Bertz CT molecular complexity index is 1180. The number of nitrogens with one attached hydrogen (secondary N) is 1. The van der Waals surface area contributed by atoms with E-state index in [0.29, 0.717) is 30.1 Å². The van der Waals surface area contributed by atoms with Crippen LogP contribution in [0.25, 0.3) is 5.57 Å². The number of rotatable bonds is 14. The van der Waals surface area contributed by atoms with Gasteiger partial charge in [-0.1, -0.05) is 71.1 Å². The van der Waals surface area contributed by atoms with Crippen molar-refractivity contribution in [2.45, 2.75) is 85.3 Å². The molecule has 0 aliphatic carbocycles. The minimum absolute atomic E-state index is 0.0476. The number of nitrogens with zero attached hydrogens (tertiary/aromatic N) is 4. The second kappa shape index (κ2) is 15.2. The third-order valence-electron chi connectivity index (χ3n) is 6.74. The van der Waals surface area contributed by atoms with Gasteiger partial charge in [0.05, 0.1) is 16.8 Å². The Morgan fingerprint density at radius 2 is 1.71 bits per heavy atom. The minimum Gasteiger partial charge on any atom is -0.442 e. The zero-order valence-corrected chi connectivity index (χ0v) is 22.8. The molecule has 2 rings (SSSR count). The van der Waals surface area contributed by atoms with Gasteiger partial charge in [-0.2, -0.15) is 15.8 Å². The van der Waals surface area contributed by atoms with Gasteiger partial charge in [-0.3, -0.25) is 9.59 Å². The van der Waals surface area contributed by atoms with Crippen LogP contribution in [-0.4, -0.2) is 24.6 Å². The summed E-state index contributed by atoms with van der Waals surface area (Å²) in [7, 11) is 0. The monoisotopic (exact) mass is 515 g/mol. The summed E-state index contributed by atoms with van der Waals surface area (Å²) in [4.78, 5) is 27.4. The third kappa shape index (κ3) is 7.46. The molecule has 2 unspecified atom stereocenters. The normalized spacial score (nSPS) is 14.1. The number of esters is 1. The van der Waals surface area contributed by atoms with Crippen molar-refractivity contribution in [2.24, 2.45) is 5.92 Å². The molecule has 1 N–H and O–H groups in total. The first-order valence-corrected chi connectivity index (χ1v) is 13.4. The summed E-state index contributed by atoms with van der Waals surface area (Å²) in [6.45, 7) is 8.42. The third-order valence-corrected chi connectivity index (χ3v) is 6.74. The van der Waals surface area contributed by atoms with E-state index in [-0.39, 0.29) is 28.4 Å². The highest BCUT2D eigenvalue weighted by Crippen LogP contribution is 2.37. The fraction of sp³-hybridized carbons (Fsp3) is 0.500. The average molecular weight is 516 g/mol. The summed E-state index contributed by atoms with van der Waals surface area (Å²) in [5.41, 5.74) is 0.802. The van der Waals surface area contributed by atoms with Crippen molar-refractivity contribution >= 4 is 23.1 Å². The first kappa shape index (κ1) is 30.1. The number of ether oxygens (including phenoxy) is 1.